The number of halogens is 3. The van der Waals surface area contributed by atoms with Crippen molar-refractivity contribution in [3.05, 3.63) is 53.1 Å². The second-order valence-electron chi connectivity index (χ2n) is 5.39. The van der Waals surface area contributed by atoms with Gasteiger partial charge in [0.2, 0.25) is 0 Å². The molecule has 122 valence electrons. The number of aromatic amines is 2. The average Bonchev–Trinajstić information content (AvgIpc) is 3.10. The lowest BCUT2D eigenvalue weighted by atomic mass is 10.2. The summed E-state index contributed by atoms with van der Waals surface area (Å²) in [5.74, 6) is -0.0406. The van der Waals surface area contributed by atoms with E-state index in [4.69, 9.17) is 16.3 Å². The molecule has 0 amide bonds. The minimum absolute atomic E-state index is 0.0336. The zero-order chi connectivity index (χ0) is 16.8. The molecule has 4 rings (SSSR count). The molecule has 4 nitrogen and oxygen atoms in total. The van der Waals surface area contributed by atoms with Crippen molar-refractivity contribution < 1.29 is 13.5 Å². The molecule has 3 N–H and O–H groups in total. The summed E-state index contributed by atoms with van der Waals surface area (Å²) in [4.78, 5) is 0. The molecule has 0 saturated carbocycles. The van der Waals surface area contributed by atoms with Gasteiger partial charge in [-0.05, 0) is 41.8 Å². The Morgan fingerprint density at radius 3 is 2.62 bits per heavy atom. The van der Waals surface area contributed by atoms with Crippen LogP contribution in [0.2, 0.25) is 5.02 Å². The zero-order valence-corrected chi connectivity index (χ0v) is 13.3. The standard InChI is InChI=1S/C17H12ClF2N3O/c1-24-15-7-10-8(5-14(15)20)4-11-16(10)22-23-17(11)21-9-2-3-13(19)12(18)6-9/h2-7,21-23H,1H3. The van der Waals surface area contributed by atoms with Crippen LogP contribution in [0.5, 0.6) is 5.75 Å². The summed E-state index contributed by atoms with van der Waals surface area (Å²) in [6.07, 6.45) is 0. The van der Waals surface area contributed by atoms with E-state index in [1.165, 1.54) is 25.3 Å². The molecular formula is C17H12ClF2N3O. The van der Waals surface area contributed by atoms with Gasteiger partial charge in [-0.2, -0.15) is 0 Å². The highest BCUT2D eigenvalue weighted by Crippen LogP contribution is 2.40. The maximum Gasteiger partial charge on any atom is 0.165 e. The fourth-order valence-corrected chi connectivity index (χ4v) is 2.96. The Labute approximate surface area is 140 Å². The van der Waals surface area contributed by atoms with E-state index in [0.717, 1.165) is 22.0 Å². The Balaban J connectivity index is 1.77. The summed E-state index contributed by atoms with van der Waals surface area (Å²) in [6, 6.07) is 9.30. The maximum absolute atomic E-state index is 13.9. The van der Waals surface area contributed by atoms with E-state index >= 15 is 0 Å². The quantitative estimate of drug-likeness (QED) is 0.472. The lowest BCUT2D eigenvalue weighted by Crippen LogP contribution is -1.92. The van der Waals surface area contributed by atoms with Crippen LogP contribution in [0.4, 0.5) is 20.3 Å². The van der Waals surface area contributed by atoms with Crippen LogP contribution in [0.25, 0.3) is 22.0 Å². The first-order valence-electron chi connectivity index (χ1n) is 7.15. The summed E-state index contributed by atoms with van der Waals surface area (Å²) >= 11 is 5.80. The predicted molar refractivity (Wildman–Crippen MR) is 90.5 cm³/mol. The molecule has 0 fully saturated rings. The molecule has 0 saturated heterocycles. The number of H-pyrrole nitrogens is 2. The predicted octanol–water partition coefficient (Wildman–Crippen LogP) is 5.28. The van der Waals surface area contributed by atoms with Gasteiger partial charge >= 0.3 is 0 Å². The van der Waals surface area contributed by atoms with E-state index in [-0.39, 0.29) is 10.8 Å². The summed E-state index contributed by atoms with van der Waals surface area (Å²) in [6.45, 7) is 0. The molecule has 0 aromatic heterocycles. The Morgan fingerprint density at radius 2 is 1.88 bits per heavy atom. The highest BCUT2D eigenvalue weighted by atomic mass is 35.5. The van der Waals surface area contributed by atoms with E-state index in [1.54, 1.807) is 12.1 Å². The van der Waals surface area contributed by atoms with E-state index in [9.17, 15) is 8.78 Å². The molecule has 2 aromatic carbocycles. The third kappa shape index (κ3) is 2.27. The molecule has 0 unspecified atom stereocenters. The van der Waals surface area contributed by atoms with Gasteiger partial charge in [-0.3, -0.25) is 10.2 Å². The fourth-order valence-electron chi connectivity index (χ4n) is 2.77. The topological polar surface area (TPSA) is 52.8 Å². The van der Waals surface area contributed by atoms with Gasteiger partial charge in [0.25, 0.3) is 0 Å². The van der Waals surface area contributed by atoms with Crippen molar-refractivity contribution in [3.8, 4) is 17.0 Å². The normalized spacial score (nSPS) is 11.3. The van der Waals surface area contributed by atoms with Gasteiger partial charge in [0.1, 0.15) is 11.6 Å². The number of anilines is 2. The number of fused-ring (bicyclic) bond motifs is 3. The highest BCUT2D eigenvalue weighted by molar-refractivity contribution is 6.31. The highest BCUT2D eigenvalue weighted by Gasteiger charge is 2.19. The zero-order valence-electron chi connectivity index (χ0n) is 12.5. The molecule has 0 atom stereocenters. The van der Waals surface area contributed by atoms with Crippen LogP contribution in [0, 0.1) is 11.6 Å². The first kappa shape index (κ1) is 14.8. The smallest absolute Gasteiger partial charge is 0.165 e. The molecular weight excluding hydrogens is 336 g/mol. The summed E-state index contributed by atoms with van der Waals surface area (Å²) in [5, 5.41) is 10.8. The largest absolute Gasteiger partial charge is 0.494 e. The maximum atomic E-state index is 13.9. The van der Waals surface area contributed by atoms with Crippen molar-refractivity contribution in [2.75, 3.05) is 12.4 Å². The van der Waals surface area contributed by atoms with Crippen molar-refractivity contribution in [2.24, 2.45) is 0 Å². The van der Waals surface area contributed by atoms with Crippen LogP contribution in [-0.4, -0.2) is 17.3 Å². The van der Waals surface area contributed by atoms with Crippen LogP contribution in [0.1, 0.15) is 0 Å². The first-order chi connectivity index (χ1) is 11.6. The van der Waals surface area contributed by atoms with Gasteiger partial charge in [0.05, 0.1) is 17.8 Å². The number of aromatic nitrogens is 2. The number of hydrogen-bond donors (Lipinski definition) is 3. The molecule has 7 heteroatoms. The molecule has 0 bridgehead atoms. The van der Waals surface area contributed by atoms with Crippen molar-refractivity contribution in [2.45, 2.75) is 0 Å². The van der Waals surface area contributed by atoms with Crippen molar-refractivity contribution in [1.29, 1.82) is 0 Å². The van der Waals surface area contributed by atoms with Crippen LogP contribution in [-0.2, 0) is 0 Å². The minimum Gasteiger partial charge on any atom is -0.494 e. The van der Waals surface area contributed by atoms with Gasteiger partial charge < -0.3 is 10.1 Å². The Morgan fingerprint density at radius 1 is 1.04 bits per heavy atom. The summed E-state index contributed by atoms with van der Waals surface area (Å²) in [5.41, 5.74) is 2.30. The van der Waals surface area contributed by atoms with E-state index < -0.39 is 11.6 Å². The number of nitrogens with one attached hydrogen (secondary N) is 3. The van der Waals surface area contributed by atoms with Crippen molar-refractivity contribution in [1.82, 2.24) is 10.2 Å². The molecule has 1 aliphatic heterocycles. The molecule has 1 heterocycles. The Kier molecular flexibility index (Phi) is 3.35. The monoisotopic (exact) mass is 347 g/mol. The van der Waals surface area contributed by atoms with E-state index in [1.807, 2.05) is 6.07 Å². The summed E-state index contributed by atoms with van der Waals surface area (Å²) < 4.78 is 32.2. The van der Waals surface area contributed by atoms with Gasteiger partial charge in [-0.25, -0.2) is 8.78 Å². The lowest BCUT2D eigenvalue weighted by Gasteiger charge is -2.05. The van der Waals surface area contributed by atoms with Gasteiger partial charge in [-0.1, -0.05) is 11.6 Å². The van der Waals surface area contributed by atoms with E-state index in [0.29, 0.717) is 11.5 Å². The SMILES string of the molecule is COc1cc2c3[nH][nH]c(Nc4ccc(F)c(Cl)c4)c-3cc2cc1F. The molecule has 1 aliphatic carbocycles. The Hall–Kier alpha value is -2.73. The third-order valence-corrected chi connectivity index (χ3v) is 4.22. The van der Waals surface area contributed by atoms with Crippen LogP contribution in [0.3, 0.4) is 0 Å². The molecule has 2 aliphatic rings. The van der Waals surface area contributed by atoms with Crippen LogP contribution >= 0.6 is 11.6 Å². The van der Waals surface area contributed by atoms with Crippen LogP contribution < -0.4 is 10.1 Å². The molecule has 24 heavy (non-hydrogen) atoms. The van der Waals surface area contributed by atoms with Crippen LogP contribution in [0.15, 0.2) is 36.4 Å². The fraction of sp³-hybridized carbons (Fsp3) is 0.0588. The second-order valence-corrected chi connectivity index (χ2v) is 5.79. The number of rotatable bonds is 3. The number of benzene rings is 2. The second kappa shape index (κ2) is 5.42. The molecule has 0 radical (unpaired) electrons. The van der Waals surface area contributed by atoms with E-state index in [2.05, 4.69) is 15.5 Å². The first-order valence-corrected chi connectivity index (χ1v) is 7.53. The average molecular weight is 348 g/mol. The van der Waals surface area contributed by atoms with Gasteiger partial charge in [-0.15, -0.1) is 0 Å². The van der Waals surface area contributed by atoms with Crippen molar-refractivity contribution >= 4 is 33.9 Å². The minimum atomic E-state index is -0.480. The lowest BCUT2D eigenvalue weighted by molar-refractivity contribution is 0.387. The third-order valence-electron chi connectivity index (χ3n) is 3.93. The number of methoxy groups -OCH3 is 1. The number of ether oxygens (including phenoxy) is 1. The van der Waals surface area contributed by atoms with Gasteiger partial charge in [0, 0.05) is 16.6 Å². The van der Waals surface area contributed by atoms with Gasteiger partial charge in [0.15, 0.2) is 11.6 Å². The number of hydrogen-bond acceptors (Lipinski definition) is 2. The Bertz CT molecular complexity index is 1020. The summed E-state index contributed by atoms with van der Waals surface area (Å²) in [7, 11) is 1.43. The molecule has 0 spiro atoms. The van der Waals surface area contributed by atoms with Crippen molar-refractivity contribution in [3.63, 3.8) is 0 Å². The molecule has 2 aromatic rings.